The average Bonchev–Trinajstić information content (AvgIpc) is 2.46. The van der Waals surface area contributed by atoms with Crippen LogP contribution in [0.5, 0.6) is 11.5 Å². The molecule has 0 unspecified atom stereocenters. The maximum Gasteiger partial charge on any atom is 0.142 e. The van der Waals surface area contributed by atoms with Gasteiger partial charge in [0.15, 0.2) is 0 Å². The Labute approximate surface area is 116 Å². The summed E-state index contributed by atoms with van der Waals surface area (Å²) in [6.45, 7) is -0.0278. The number of aliphatic hydroxyl groups is 1. The second kappa shape index (κ2) is 6.60. The van der Waals surface area contributed by atoms with Crippen LogP contribution in [0.25, 0.3) is 0 Å². The molecule has 3 nitrogen and oxygen atoms in total. The summed E-state index contributed by atoms with van der Waals surface area (Å²) in [7, 11) is 0. The molecule has 0 saturated carbocycles. The molecule has 20 heavy (non-hydrogen) atoms. The van der Waals surface area contributed by atoms with E-state index < -0.39 is 5.82 Å². The third kappa shape index (κ3) is 3.74. The molecule has 0 amide bonds. The maximum absolute atomic E-state index is 13.7. The number of phenols is 1. The van der Waals surface area contributed by atoms with E-state index in [9.17, 15) is 4.39 Å². The molecule has 0 aliphatic heterocycles. The zero-order valence-corrected chi connectivity index (χ0v) is 10.6. The van der Waals surface area contributed by atoms with Crippen molar-refractivity contribution in [3.8, 4) is 23.3 Å². The minimum atomic E-state index is -0.492. The molecule has 0 radical (unpaired) electrons. The van der Waals surface area contributed by atoms with Gasteiger partial charge in [0, 0.05) is 6.07 Å². The quantitative estimate of drug-likeness (QED) is 0.844. The number of rotatable bonds is 3. The smallest absolute Gasteiger partial charge is 0.142 e. The second-order valence-corrected chi connectivity index (χ2v) is 4.06. The summed E-state index contributed by atoms with van der Waals surface area (Å²) in [6, 6.07) is 11.0. The van der Waals surface area contributed by atoms with Crippen molar-refractivity contribution in [2.75, 3.05) is 6.61 Å². The van der Waals surface area contributed by atoms with E-state index in [0.717, 1.165) is 5.56 Å². The highest BCUT2D eigenvalue weighted by atomic mass is 19.1. The van der Waals surface area contributed by atoms with Gasteiger partial charge in [-0.05, 0) is 29.8 Å². The molecule has 0 aliphatic rings. The van der Waals surface area contributed by atoms with Gasteiger partial charge in [0.05, 0.1) is 5.56 Å². The first-order chi connectivity index (χ1) is 9.69. The highest BCUT2D eigenvalue weighted by Gasteiger charge is 2.02. The first-order valence-electron chi connectivity index (χ1n) is 5.99. The number of phenolic OH excluding ortho intramolecular Hbond substituents is 1. The predicted molar refractivity (Wildman–Crippen MR) is 72.8 cm³/mol. The van der Waals surface area contributed by atoms with Crippen LogP contribution in [0.15, 0.2) is 42.5 Å². The lowest BCUT2D eigenvalue weighted by Gasteiger charge is -2.07. The Balaban J connectivity index is 2.03. The molecule has 0 spiro atoms. The molecule has 4 heteroatoms. The fraction of sp³-hybridized carbons (Fsp3) is 0.125. The number of halogens is 1. The van der Waals surface area contributed by atoms with Crippen molar-refractivity contribution in [3.05, 3.63) is 59.4 Å². The third-order valence-electron chi connectivity index (χ3n) is 2.58. The minimum absolute atomic E-state index is 0.187. The van der Waals surface area contributed by atoms with E-state index in [-0.39, 0.29) is 24.5 Å². The molecule has 0 aliphatic carbocycles. The van der Waals surface area contributed by atoms with E-state index in [2.05, 4.69) is 11.8 Å². The predicted octanol–water partition coefficient (Wildman–Crippen LogP) is 2.45. The Kier molecular flexibility index (Phi) is 4.59. The summed E-state index contributed by atoms with van der Waals surface area (Å²) < 4.78 is 19.1. The van der Waals surface area contributed by atoms with Gasteiger partial charge in [-0.25, -0.2) is 4.39 Å². The zero-order valence-electron chi connectivity index (χ0n) is 10.6. The number of aliphatic hydroxyl groups excluding tert-OH is 1. The Morgan fingerprint density at radius 2 is 1.85 bits per heavy atom. The SMILES string of the molecule is OCC#Cc1ccc(OCc2ccc(O)cc2)cc1F. The van der Waals surface area contributed by atoms with E-state index in [1.54, 1.807) is 30.3 Å². The second-order valence-electron chi connectivity index (χ2n) is 4.06. The van der Waals surface area contributed by atoms with Crippen molar-refractivity contribution < 1.29 is 19.3 Å². The lowest BCUT2D eigenvalue weighted by molar-refractivity contribution is 0.304. The Hall–Kier alpha value is -2.51. The maximum atomic E-state index is 13.7. The van der Waals surface area contributed by atoms with Crippen LogP contribution in [0, 0.1) is 17.7 Å². The topological polar surface area (TPSA) is 49.7 Å². The third-order valence-corrected chi connectivity index (χ3v) is 2.58. The molecule has 2 aromatic carbocycles. The van der Waals surface area contributed by atoms with Gasteiger partial charge >= 0.3 is 0 Å². The largest absolute Gasteiger partial charge is 0.508 e. The summed E-state index contributed by atoms with van der Waals surface area (Å²) in [5.74, 6) is 4.99. The zero-order chi connectivity index (χ0) is 14.4. The Morgan fingerprint density at radius 1 is 1.10 bits per heavy atom. The normalized spacial score (nSPS) is 9.70. The molecule has 102 valence electrons. The van der Waals surface area contributed by atoms with Crippen LogP contribution in [-0.2, 0) is 6.61 Å². The monoisotopic (exact) mass is 272 g/mol. The van der Waals surface area contributed by atoms with Crippen molar-refractivity contribution >= 4 is 0 Å². The van der Waals surface area contributed by atoms with E-state index >= 15 is 0 Å². The molecule has 2 aromatic rings. The van der Waals surface area contributed by atoms with Crippen molar-refractivity contribution in [3.63, 3.8) is 0 Å². The lowest BCUT2D eigenvalue weighted by atomic mass is 10.2. The molecule has 0 fully saturated rings. The molecule has 2 rings (SSSR count). The van der Waals surface area contributed by atoms with Crippen LogP contribution in [0.2, 0.25) is 0 Å². The average molecular weight is 272 g/mol. The Bertz CT molecular complexity index is 639. The standard InChI is InChI=1S/C16H13FO3/c17-16-10-15(8-5-13(16)2-1-9-18)20-11-12-3-6-14(19)7-4-12/h3-8,10,18-19H,9,11H2. The summed E-state index contributed by atoms with van der Waals surface area (Å²) in [5, 5.41) is 17.7. The molecule has 0 saturated heterocycles. The van der Waals surface area contributed by atoms with E-state index in [4.69, 9.17) is 14.9 Å². The molecule has 0 atom stereocenters. The first kappa shape index (κ1) is 13.9. The number of ether oxygens (including phenoxy) is 1. The van der Waals surface area contributed by atoms with Gasteiger partial charge < -0.3 is 14.9 Å². The highest BCUT2D eigenvalue weighted by molar-refractivity contribution is 5.39. The molecule has 2 N–H and O–H groups in total. The minimum Gasteiger partial charge on any atom is -0.508 e. The van der Waals surface area contributed by atoms with Crippen LogP contribution < -0.4 is 4.74 Å². The molecule has 0 bridgehead atoms. The van der Waals surface area contributed by atoms with Gasteiger partial charge in [0.1, 0.15) is 30.5 Å². The number of benzene rings is 2. The van der Waals surface area contributed by atoms with Crippen LogP contribution >= 0.6 is 0 Å². The fourth-order valence-electron chi connectivity index (χ4n) is 1.58. The van der Waals surface area contributed by atoms with E-state index in [1.165, 1.54) is 12.1 Å². The van der Waals surface area contributed by atoms with Crippen LogP contribution in [-0.4, -0.2) is 16.8 Å². The fourth-order valence-corrected chi connectivity index (χ4v) is 1.58. The van der Waals surface area contributed by atoms with Gasteiger partial charge in [-0.2, -0.15) is 0 Å². The molecular weight excluding hydrogens is 259 g/mol. The van der Waals surface area contributed by atoms with Crippen LogP contribution in [0.3, 0.4) is 0 Å². The van der Waals surface area contributed by atoms with Crippen molar-refractivity contribution in [2.45, 2.75) is 6.61 Å². The van der Waals surface area contributed by atoms with Crippen LogP contribution in [0.4, 0.5) is 4.39 Å². The van der Waals surface area contributed by atoms with Gasteiger partial charge in [-0.1, -0.05) is 24.0 Å². The first-order valence-corrected chi connectivity index (χ1v) is 5.99. The van der Waals surface area contributed by atoms with E-state index in [0.29, 0.717) is 5.75 Å². The van der Waals surface area contributed by atoms with E-state index in [1.807, 2.05) is 0 Å². The van der Waals surface area contributed by atoms with Crippen molar-refractivity contribution in [2.24, 2.45) is 0 Å². The summed E-state index contributed by atoms with van der Waals surface area (Å²) in [6.07, 6.45) is 0. The molecular formula is C16H13FO3. The van der Waals surface area contributed by atoms with Gasteiger partial charge in [-0.3, -0.25) is 0 Å². The van der Waals surface area contributed by atoms with Crippen molar-refractivity contribution in [1.82, 2.24) is 0 Å². The lowest BCUT2D eigenvalue weighted by Crippen LogP contribution is -1.96. The molecule has 0 heterocycles. The summed E-state index contributed by atoms with van der Waals surface area (Å²) in [4.78, 5) is 0. The van der Waals surface area contributed by atoms with Crippen molar-refractivity contribution in [1.29, 1.82) is 0 Å². The summed E-state index contributed by atoms with van der Waals surface area (Å²) >= 11 is 0. The highest BCUT2D eigenvalue weighted by Crippen LogP contribution is 2.18. The molecule has 0 aromatic heterocycles. The number of aromatic hydroxyl groups is 1. The van der Waals surface area contributed by atoms with Gasteiger partial charge in [0.2, 0.25) is 0 Å². The summed E-state index contributed by atoms with van der Waals surface area (Å²) in [5.41, 5.74) is 1.09. The van der Waals surface area contributed by atoms with Gasteiger partial charge in [-0.15, -0.1) is 0 Å². The Morgan fingerprint density at radius 3 is 2.50 bits per heavy atom. The number of hydrogen-bond acceptors (Lipinski definition) is 3. The van der Waals surface area contributed by atoms with Crippen LogP contribution in [0.1, 0.15) is 11.1 Å². The van der Waals surface area contributed by atoms with Gasteiger partial charge in [0.25, 0.3) is 0 Å². The number of hydrogen-bond donors (Lipinski definition) is 2.